The predicted octanol–water partition coefficient (Wildman–Crippen LogP) is 5.53. The van der Waals surface area contributed by atoms with E-state index in [0.29, 0.717) is 16.9 Å². The molecule has 0 aromatic heterocycles. The zero-order chi connectivity index (χ0) is 24.1. The van der Waals surface area contributed by atoms with Crippen LogP contribution in [-0.4, -0.2) is 14.4 Å². The molecule has 1 atom stereocenters. The van der Waals surface area contributed by atoms with Crippen LogP contribution in [0.25, 0.3) is 0 Å². The van der Waals surface area contributed by atoms with E-state index in [4.69, 9.17) is 0 Å². The first-order valence-electron chi connectivity index (χ1n) is 9.91. The molecule has 0 radical (unpaired) electrons. The number of amides is 2. The van der Waals surface area contributed by atoms with Gasteiger partial charge in [-0.25, -0.2) is 17.9 Å². The molecule has 0 bridgehead atoms. The minimum Gasteiger partial charge on any atom is -0.308 e. The van der Waals surface area contributed by atoms with Gasteiger partial charge in [-0.15, -0.1) is 0 Å². The number of urea groups is 1. The Hall–Kier alpha value is -3.37. The molecular formula is C23H22F3N3O3S. The topological polar surface area (TPSA) is 87.3 Å². The van der Waals surface area contributed by atoms with E-state index in [-0.39, 0.29) is 5.56 Å². The predicted molar refractivity (Wildman–Crippen MR) is 121 cm³/mol. The molecule has 3 aromatic rings. The van der Waals surface area contributed by atoms with Gasteiger partial charge in [-0.1, -0.05) is 48.5 Å². The molecular weight excluding hydrogens is 455 g/mol. The molecule has 3 N–H and O–H groups in total. The minimum absolute atomic E-state index is 0.0356. The van der Waals surface area contributed by atoms with Gasteiger partial charge in [0, 0.05) is 17.4 Å². The monoisotopic (exact) mass is 477 g/mol. The summed E-state index contributed by atoms with van der Waals surface area (Å²) >= 11 is 0. The van der Waals surface area contributed by atoms with Crippen LogP contribution in [0.3, 0.4) is 0 Å². The fourth-order valence-corrected chi connectivity index (χ4v) is 4.48. The number of alkyl halides is 3. The number of anilines is 2. The number of sulfonamides is 1. The fourth-order valence-electron chi connectivity index (χ4n) is 3.11. The lowest BCUT2D eigenvalue weighted by atomic mass is 10.1. The van der Waals surface area contributed by atoms with E-state index in [2.05, 4.69) is 15.4 Å². The molecule has 0 saturated carbocycles. The third-order valence-electron chi connectivity index (χ3n) is 4.67. The van der Waals surface area contributed by atoms with Crippen molar-refractivity contribution >= 4 is 27.4 Å². The number of benzene rings is 3. The summed E-state index contributed by atoms with van der Waals surface area (Å²) < 4.78 is 66.0. The van der Waals surface area contributed by atoms with E-state index in [1.54, 1.807) is 55.5 Å². The summed E-state index contributed by atoms with van der Waals surface area (Å²) in [6.45, 7) is 1.62. The van der Waals surface area contributed by atoms with Crippen molar-refractivity contribution < 1.29 is 26.4 Å². The van der Waals surface area contributed by atoms with E-state index in [0.717, 1.165) is 12.1 Å². The smallest absolute Gasteiger partial charge is 0.308 e. The first-order chi connectivity index (χ1) is 15.5. The first-order valence-corrected chi connectivity index (χ1v) is 11.6. The van der Waals surface area contributed by atoms with Crippen LogP contribution >= 0.6 is 0 Å². The number of hydrogen-bond donors (Lipinski definition) is 3. The van der Waals surface area contributed by atoms with Crippen molar-refractivity contribution in [2.24, 2.45) is 0 Å². The van der Waals surface area contributed by atoms with Crippen molar-refractivity contribution in [3.63, 3.8) is 0 Å². The number of hydrogen-bond acceptors (Lipinski definition) is 3. The fraction of sp³-hybridized carbons (Fsp3) is 0.174. The van der Waals surface area contributed by atoms with Crippen LogP contribution in [0.2, 0.25) is 0 Å². The summed E-state index contributed by atoms with van der Waals surface area (Å²) in [5, 5.41) is 5.36. The van der Waals surface area contributed by atoms with Crippen molar-refractivity contribution in [2.75, 3.05) is 10.6 Å². The van der Waals surface area contributed by atoms with Crippen molar-refractivity contribution in [3.05, 3.63) is 95.6 Å². The first kappa shape index (κ1) is 24.3. The quantitative estimate of drug-likeness (QED) is 0.418. The van der Waals surface area contributed by atoms with Gasteiger partial charge in [-0.2, -0.15) is 13.2 Å². The van der Waals surface area contributed by atoms with E-state index in [1.165, 1.54) is 12.1 Å². The van der Waals surface area contributed by atoms with Crippen molar-refractivity contribution in [2.45, 2.75) is 24.9 Å². The molecule has 10 heteroatoms. The number of nitrogens with one attached hydrogen (secondary N) is 3. The molecule has 0 fully saturated rings. The molecule has 2 amide bonds. The maximum atomic E-state index is 12.9. The van der Waals surface area contributed by atoms with Crippen LogP contribution in [0.15, 0.2) is 78.9 Å². The molecule has 3 aromatic carbocycles. The summed E-state index contributed by atoms with van der Waals surface area (Å²) in [6.07, 6.45) is -4.55. The molecule has 0 spiro atoms. The molecule has 3 rings (SSSR count). The van der Waals surface area contributed by atoms with Gasteiger partial charge < -0.3 is 10.6 Å². The van der Waals surface area contributed by atoms with Crippen LogP contribution in [0, 0.1) is 0 Å². The summed E-state index contributed by atoms with van der Waals surface area (Å²) in [6, 6.07) is 18.6. The molecule has 174 valence electrons. The lowest BCUT2D eigenvalue weighted by Gasteiger charge is -2.16. The van der Waals surface area contributed by atoms with Crippen LogP contribution < -0.4 is 15.4 Å². The average Bonchev–Trinajstić information content (AvgIpc) is 2.73. The van der Waals surface area contributed by atoms with E-state index in [9.17, 15) is 26.4 Å². The zero-order valence-electron chi connectivity index (χ0n) is 17.6. The number of para-hydroxylation sites is 1. The molecule has 6 nitrogen and oxygen atoms in total. The maximum Gasteiger partial charge on any atom is 0.416 e. The Morgan fingerprint density at radius 2 is 1.48 bits per heavy atom. The van der Waals surface area contributed by atoms with Gasteiger partial charge in [0.2, 0.25) is 10.0 Å². The van der Waals surface area contributed by atoms with Crippen LogP contribution in [0.4, 0.5) is 29.3 Å². The maximum absolute atomic E-state index is 12.9. The molecule has 0 saturated heterocycles. The molecule has 0 aliphatic carbocycles. The highest BCUT2D eigenvalue weighted by Gasteiger charge is 2.30. The standard InChI is InChI=1S/C23H22F3N3O3S/c1-16(29-33(31,32)15-17-6-5-7-19(14-17)23(24,25)26)18-10-12-21(13-11-18)28-22(30)27-20-8-3-2-4-9-20/h2-14,16,29H,15H2,1H3,(H2,27,28,30). The summed E-state index contributed by atoms with van der Waals surface area (Å²) in [5.41, 5.74) is 0.898. The Labute approximate surface area is 189 Å². The number of carbonyl (C=O) groups excluding carboxylic acids is 1. The second-order valence-corrected chi connectivity index (χ2v) is 9.12. The molecule has 0 aliphatic rings. The van der Waals surface area contributed by atoms with Crippen LogP contribution in [0.1, 0.15) is 29.7 Å². The van der Waals surface area contributed by atoms with Crippen LogP contribution in [-0.2, 0) is 22.0 Å². The Morgan fingerprint density at radius 3 is 2.09 bits per heavy atom. The molecule has 0 aliphatic heterocycles. The highest BCUT2D eigenvalue weighted by molar-refractivity contribution is 7.88. The molecule has 0 heterocycles. The minimum atomic E-state index is -4.55. The lowest BCUT2D eigenvalue weighted by molar-refractivity contribution is -0.137. The van der Waals surface area contributed by atoms with Crippen molar-refractivity contribution in [1.82, 2.24) is 4.72 Å². The second-order valence-electron chi connectivity index (χ2n) is 7.36. The highest BCUT2D eigenvalue weighted by atomic mass is 32.2. The Balaban J connectivity index is 1.59. The van der Waals surface area contributed by atoms with E-state index < -0.39 is 39.6 Å². The summed E-state index contributed by atoms with van der Waals surface area (Å²) in [4.78, 5) is 12.1. The largest absolute Gasteiger partial charge is 0.416 e. The SMILES string of the molecule is CC(NS(=O)(=O)Cc1cccc(C(F)(F)F)c1)c1ccc(NC(=O)Nc2ccccc2)cc1. The normalized spacial score (nSPS) is 12.7. The van der Waals surface area contributed by atoms with Crippen molar-refractivity contribution in [1.29, 1.82) is 0 Å². The molecule has 33 heavy (non-hydrogen) atoms. The Morgan fingerprint density at radius 1 is 0.879 bits per heavy atom. The van der Waals surface area contributed by atoms with Gasteiger partial charge in [-0.3, -0.25) is 0 Å². The van der Waals surface area contributed by atoms with Gasteiger partial charge in [-0.05, 0) is 48.4 Å². The van der Waals surface area contributed by atoms with Crippen LogP contribution in [0.5, 0.6) is 0 Å². The van der Waals surface area contributed by atoms with Crippen molar-refractivity contribution in [3.8, 4) is 0 Å². The third kappa shape index (κ3) is 7.33. The number of rotatable bonds is 7. The second kappa shape index (κ2) is 10.1. The lowest BCUT2D eigenvalue weighted by Crippen LogP contribution is -2.28. The van der Waals surface area contributed by atoms with Gasteiger partial charge in [0.15, 0.2) is 0 Å². The molecule has 1 unspecified atom stereocenters. The van der Waals surface area contributed by atoms with E-state index >= 15 is 0 Å². The van der Waals surface area contributed by atoms with Gasteiger partial charge in [0.25, 0.3) is 0 Å². The summed E-state index contributed by atoms with van der Waals surface area (Å²) in [5.74, 6) is -0.583. The highest BCUT2D eigenvalue weighted by Crippen LogP contribution is 2.30. The number of halogens is 3. The zero-order valence-corrected chi connectivity index (χ0v) is 18.4. The average molecular weight is 478 g/mol. The van der Waals surface area contributed by atoms with Gasteiger partial charge in [0.1, 0.15) is 0 Å². The van der Waals surface area contributed by atoms with Gasteiger partial charge >= 0.3 is 12.2 Å². The Bertz CT molecular complexity index is 1200. The Kier molecular flexibility index (Phi) is 7.39. The number of carbonyl (C=O) groups is 1. The summed E-state index contributed by atoms with van der Waals surface area (Å²) in [7, 11) is -3.91. The third-order valence-corrected chi connectivity index (χ3v) is 6.09. The van der Waals surface area contributed by atoms with E-state index in [1.807, 2.05) is 6.07 Å². The van der Waals surface area contributed by atoms with Gasteiger partial charge in [0.05, 0.1) is 11.3 Å².